The van der Waals surface area contributed by atoms with Gasteiger partial charge < -0.3 is 15.5 Å². The van der Waals surface area contributed by atoms with Gasteiger partial charge in [-0.25, -0.2) is 4.39 Å². The molecule has 0 fully saturated rings. The summed E-state index contributed by atoms with van der Waals surface area (Å²) in [6.07, 6.45) is 1.03. The second kappa shape index (κ2) is 6.95. The van der Waals surface area contributed by atoms with Gasteiger partial charge in [-0.1, -0.05) is 6.92 Å². The van der Waals surface area contributed by atoms with Gasteiger partial charge in [-0.05, 0) is 42.5 Å². The van der Waals surface area contributed by atoms with Crippen molar-refractivity contribution in [1.82, 2.24) is 4.90 Å². The molecule has 3 nitrogen and oxygen atoms in total. The molecule has 0 aliphatic carbocycles. The van der Waals surface area contributed by atoms with E-state index in [0.29, 0.717) is 10.2 Å². The molecule has 1 aromatic carbocycles. The molecular formula is C13H21BrFN3. The van der Waals surface area contributed by atoms with Crippen LogP contribution in [-0.2, 0) is 0 Å². The molecule has 0 atom stereocenters. The van der Waals surface area contributed by atoms with Crippen LogP contribution in [0, 0.1) is 5.82 Å². The average molecular weight is 318 g/mol. The third kappa shape index (κ3) is 4.14. The molecule has 0 bridgehead atoms. The van der Waals surface area contributed by atoms with Crippen LogP contribution in [0.3, 0.4) is 0 Å². The molecule has 102 valence electrons. The van der Waals surface area contributed by atoms with E-state index in [1.54, 1.807) is 6.07 Å². The van der Waals surface area contributed by atoms with Crippen molar-refractivity contribution in [1.29, 1.82) is 0 Å². The van der Waals surface area contributed by atoms with Crippen molar-refractivity contribution in [2.45, 2.75) is 13.3 Å². The Morgan fingerprint density at radius 3 is 2.44 bits per heavy atom. The Hall–Kier alpha value is -0.810. The minimum Gasteiger partial charge on any atom is -0.397 e. The van der Waals surface area contributed by atoms with E-state index in [-0.39, 0.29) is 5.82 Å². The summed E-state index contributed by atoms with van der Waals surface area (Å²) < 4.78 is 13.8. The van der Waals surface area contributed by atoms with Crippen LogP contribution in [0.5, 0.6) is 0 Å². The second-order valence-electron chi connectivity index (χ2n) is 4.62. The van der Waals surface area contributed by atoms with Gasteiger partial charge in [0.2, 0.25) is 0 Å². The number of hydrogen-bond acceptors (Lipinski definition) is 3. The second-order valence-corrected chi connectivity index (χ2v) is 5.47. The lowest BCUT2D eigenvalue weighted by molar-refractivity contribution is 0.413. The summed E-state index contributed by atoms with van der Waals surface area (Å²) in [5, 5.41) is 0. The molecule has 0 spiro atoms. The normalized spacial score (nSPS) is 11.0. The highest BCUT2D eigenvalue weighted by Gasteiger charge is 2.12. The first-order valence-electron chi connectivity index (χ1n) is 6.10. The fraction of sp³-hybridized carbons (Fsp3) is 0.538. The van der Waals surface area contributed by atoms with Crippen molar-refractivity contribution >= 4 is 27.3 Å². The SMILES string of the molecule is CCCN(CCN(C)C)c1cc(Br)c(F)cc1N. The third-order valence-electron chi connectivity index (χ3n) is 2.72. The first-order valence-corrected chi connectivity index (χ1v) is 6.89. The van der Waals surface area contributed by atoms with E-state index >= 15 is 0 Å². The maximum atomic E-state index is 13.4. The van der Waals surface area contributed by atoms with Gasteiger partial charge in [0.05, 0.1) is 15.8 Å². The molecule has 0 heterocycles. The molecule has 0 saturated carbocycles. The molecule has 1 aromatic rings. The Bertz CT molecular complexity index is 396. The molecule has 2 N–H and O–H groups in total. The van der Waals surface area contributed by atoms with Crippen LogP contribution in [0.1, 0.15) is 13.3 Å². The van der Waals surface area contributed by atoms with Gasteiger partial charge in [-0.15, -0.1) is 0 Å². The average Bonchev–Trinajstić information content (AvgIpc) is 2.29. The van der Waals surface area contributed by atoms with E-state index in [1.165, 1.54) is 6.07 Å². The fourth-order valence-electron chi connectivity index (χ4n) is 1.77. The Labute approximate surface area is 117 Å². The van der Waals surface area contributed by atoms with Gasteiger partial charge in [0.25, 0.3) is 0 Å². The number of nitrogens with two attached hydrogens (primary N) is 1. The first-order chi connectivity index (χ1) is 8.45. The van der Waals surface area contributed by atoms with Crippen LogP contribution in [-0.4, -0.2) is 38.6 Å². The van der Waals surface area contributed by atoms with E-state index in [1.807, 2.05) is 14.1 Å². The lowest BCUT2D eigenvalue weighted by atomic mass is 10.2. The molecule has 1 rings (SSSR count). The van der Waals surface area contributed by atoms with Crippen LogP contribution < -0.4 is 10.6 Å². The number of hydrogen-bond donors (Lipinski definition) is 1. The standard InChI is InChI=1S/C13H21BrFN3/c1-4-5-18(7-6-17(2)3)13-8-10(14)11(15)9-12(13)16/h8-9H,4-7,16H2,1-3H3. The summed E-state index contributed by atoms with van der Waals surface area (Å²) in [5.74, 6) is -0.319. The zero-order valence-corrected chi connectivity index (χ0v) is 12.8. The van der Waals surface area contributed by atoms with Crippen molar-refractivity contribution in [3.8, 4) is 0 Å². The number of nitrogens with zero attached hydrogens (tertiary/aromatic N) is 2. The Morgan fingerprint density at radius 2 is 1.89 bits per heavy atom. The number of benzene rings is 1. The van der Waals surface area contributed by atoms with E-state index in [4.69, 9.17) is 5.73 Å². The maximum absolute atomic E-state index is 13.4. The van der Waals surface area contributed by atoms with Gasteiger partial charge in [0.15, 0.2) is 0 Å². The van der Waals surface area contributed by atoms with Crippen LogP contribution in [0.4, 0.5) is 15.8 Å². The summed E-state index contributed by atoms with van der Waals surface area (Å²) >= 11 is 3.21. The highest BCUT2D eigenvalue weighted by Crippen LogP contribution is 2.29. The lowest BCUT2D eigenvalue weighted by Crippen LogP contribution is -2.32. The van der Waals surface area contributed by atoms with Crippen molar-refractivity contribution in [3.63, 3.8) is 0 Å². The van der Waals surface area contributed by atoms with Crippen LogP contribution in [0.25, 0.3) is 0 Å². The highest BCUT2D eigenvalue weighted by atomic mass is 79.9. The zero-order chi connectivity index (χ0) is 13.7. The molecule has 5 heteroatoms. The first kappa shape index (κ1) is 15.2. The molecule has 0 amide bonds. The van der Waals surface area contributed by atoms with Crippen LogP contribution in [0.15, 0.2) is 16.6 Å². The maximum Gasteiger partial charge on any atom is 0.139 e. The van der Waals surface area contributed by atoms with E-state index < -0.39 is 0 Å². The van der Waals surface area contributed by atoms with Gasteiger partial charge >= 0.3 is 0 Å². The van der Waals surface area contributed by atoms with Gasteiger partial charge in [0.1, 0.15) is 5.82 Å². The third-order valence-corrected chi connectivity index (χ3v) is 3.33. The predicted molar refractivity (Wildman–Crippen MR) is 79.6 cm³/mol. The summed E-state index contributed by atoms with van der Waals surface area (Å²) in [7, 11) is 4.07. The van der Waals surface area contributed by atoms with Crippen LogP contribution >= 0.6 is 15.9 Å². The molecule has 0 radical (unpaired) electrons. The Morgan fingerprint density at radius 1 is 1.22 bits per heavy atom. The molecule has 0 aromatic heterocycles. The molecule has 0 aliphatic rings. The predicted octanol–water partition coefficient (Wildman–Crippen LogP) is 2.95. The summed E-state index contributed by atoms with van der Waals surface area (Å²) in [6, 6.07) is 3.13. The topological polar surface area (TPSA) is 32.5 Å². The fourth-order valence-corrected chi connectivity index (χ4v) is 2.10. The van der Waals surface area contributed by atoms with Gasteiger partial charge in [-0.3, -0.25) is 0 Å². The smallest absolute Gasteiger partial charge is 0.139 e. The van der Waals surface area contributed by atoms with Crippen molar-refractivity contribution in [2.24, 2.45) is 0 Å². The summed E-state index contributed by atoms with van der Waals surface area (Å²) in [4.78, 5) is 4.32. The number of nitrogen functional groups attached to an aromatic ring is 1. The van der Waals surface area contributed by atoms with E-state index in [9.17, 15) is 4.39 Å². The van der Waals surface area contributed by atoms with E-state index in [0.717, 1.165) is 31.7 Å². The molecule has 0 unspecified atom stereocenters. The zero-order valence-electron chi connectivity index (χ0n) is 11.2. The minimum absolute atomic E-state index is 0.319. The Balaban J connectivity index is 2.94. The molecular weight excluding hydrogens is 297 g/mol. The van der Waals surface area contributed by atoms with Crippen molar-refractivity contribution in [3.05, 3.63) is 22.4 Å². The van der Waals surface area contributed by atoms with Gasteiger partial charge in [0, 0.05) is 25.7 Å². The van der Waals surface area contributed by atoms with Crippen LogP contribution in [0.2, 0.25) is 0 Å². The minimum atomic E-state index is -0.319. The van der Waals surface area contributed by atoms with Crippen molar-refractivity contribution in [2.75, 3.05) is 44.4 Å². The molecule has 18 heavy (non-hydrogen) atoms. The summed E-state index contributed by atoms with van der Waals surface area (Å²) in [5.41, 5.74) is 7.30. The molecule has 0 aliphatic heterocycles. The number of halogens is 2. The number of anilines is 2. The summed E-state index contributed by atoms with van der Waals surface area (Å²) in [6.45, 7) is 4.85. The number of likely N-dealkylation sites (N-methyl/N-ethyl adjacent to an activating group) is 1. The quantitative estimate of drug-likeness (QED) is 0.819. The van der Waals surface area contributed by atoms with Crippen molar-refractivity contribution < 1.29 is 4.39 Å². The monoisotopic (exact) mass is 317 g/mol. The lowest BCUT2D eigenvalue weighted by Gasteiger charge is -2.27. The van der Waals surface area contributed by atoms with E-state index in [2.05, 4.69) is 32.7 Å². The largest absolute Gasteiger partial charge is 0.397 e. The molecule has 0 saturated heterocycles. The Kier molecular flexibility index (Phi) is 5.88. The van der Waals surface area contributed by atoms with Gasteiger partial charge in [-0.2, -0.15) is 0 Å². The number of rotatable bonds is 6. The highest BCUT2D eigenvalue weighted by molar-refractivity contribution is 9.10.